The van der Waals surface area contributed by atoms with Gasteiger partial charge >= 0.3 is 0 Å². The second-order valence-electron chi connectivity index (χ2n) is 4.89. The molecule has 18 heavy (non-hydrogen) atoms. The van der Waals surface area contributed by atoms with E-state index in [2.05, 4.69) is 11.8 Å². The van der Waals surface area contributed by atoms with Gasteiger partial charge in [0.05, 0.1) is 5.02 Å². The van der Waals surface area contributed by atoms with Crippen molar-refractivity contribution in [3.05, 3.63) is 34.6 Å². The Bertz CT molecular complexity index is 407. The lowest BCUT2D eigenvalue weighted by atomic mass is 10.0. The maximum atomic E-state index is 13.6. The van der Waals surface area contributed by atoms with Crippen molar-refractivity contribution < 1.29 is 4.39 Å². The third kappa shape index (κ3) is 3.02. The van der Waals surface area contributed by atoms with Crippen molar-refractivity contribution >= 4 is 11.6 Å². The maximum Gasteiger partial charge on any atom is 0.142 e. The quantitative estimate of drug-likeness (QED) is 0.859. The summed E-state index contributed by atoms with van der Waals surface area (Å²) in [5.74, 6) is -0.361. The molecule has 2 nitrogen and oxygen atoms in total. The van der Waals surface area contributed by atoms with Crippen LogP contribution in [0.2, 0.25) is 5.02 Å². The van der Waals surface area contributed by atoms with Crippen molar-refractivity contribution in [3.8, 4) is 0 Å². The van der Waals surface area contributed by atoms with Crippen molar-refractivity contribution in [1.82, 2.24) is 4.90 Å². The first-order valence-corrected chi connectivity index (χ1v) is 6.96. The molecular weight excluding hydrogens is 251 g/mol. The average Bonchev–Trinajstić information content (AvgIpc) is 3.17. The van der Waals surface area contributed by atoms with Crippen LogP contribution in [0.1, 0.15) is 37.8 Å². The number of halogens is 2. The predicted molar refractivity (Wildman–Crippen MR) is 73.2 cm³/mol. The Labute approximate surface area is 113 Å². The highest BCUT2D eigenvalue weighted by molar-refractivity contribution is 6.30. The fourth-order valence-corrected chi connectivity index (χ4v) is 2.56. The summed E-state index contributed by atoms with van der Waals surface area (Å²) >= 11 is 5.72. The second kappa shape index (κ2) is 6.00. The van der Waals surface area contributed by atoms with Crippen LogP contribution in [0.5, 0.6) is 0 Å². The van der Waals surface area contributed by atoms with Gasteiger partial charge in [-0.2, -0.15) is 0 Å². The Kier molecular flexibility index (Phi) is 4.60. The van der Waals surface area contributed by atoms with Crippen LogP contribution in [0.15, 0.2) is 18.2 Å². The number of nitrogens with zero attached hydrogens (tertiary/aromatic N) is 1. The van der Waals surface area contributed by atoms with Crippen LogP contribution in [0.3, 0.4) is 0 Å². The van der Waals surface area contributed by atoms with Gasteiger partial charge in [-0.1, -0.05) is 24.6 Å². The van der Waals surface area contributed by atoms with Crippen LogP contribution in [-0.4, -0.2) is 24.0 Å². The lowest BCUT2D eigenvalue weighted by Gasteiger charge is -2.31. The molecule has 0 saturated heterocycles. The topological polar surface area (TPSA) is 29.3 Å². The molecule has 1 aromatic carbocycles. The maximum absolute atomic E-state index is 13.6. The van der Waals surface area contributed by atoms with E-state index in [1.807, 2.05) is 6.07 Å². The van der Waals surface area contributed by atoms with Gasteiger partial charge in [0.25, 0.3) is 0 Å². The normalized spacial score (nSPS) is 17.2. The molecule has 1 aromatic rings. The Morgan fingerprint density at radius 3 is 2.72 bits per heavy atom. The molecule has 0 amide bonds. The predicted octanol–water partition coefficient (Wildman–Crippen LogP) is 3.35. The second-order valence-corrected chi connectivity index (χ2v) is 5.30. The fourth-order valence-electron chi connectivity index (χ4n) is 2.44. The molecule has 1 aliphatic rings. The van der Waals surface area contributed by atoms with E-state index in [4.69, 9.17) is 17.3 Å². The molecule has 0 radical (unpaired) electrons. The van der Waals surface area contributed by atoms with Gasteiger partial charge in [0, 0.05) is 18.6 Å². The fraction of sp³-hybridized carbons (Fsp3) is 0.571. The Hall–Kier alpha value is -0.640. The molecule has 2 N–H and O–H groups in total. The molecule has 0 spiro atoms. The highest BCUT2D eigenvalue weighted by Crippen LogP contribution is 2.34. The molecule has 1 aliphatic carbocycles. The van der Waals surface area contributed by atoms with Crippen molar-refractivity contribution in [1.29, 1.82) is 0 Å². The minimum Gasteiger partial charge on any atom is -0.329 e. The molecule has 0 aromatic heterocycles. The highest BCUT2D eigenvalue weighted by atomic mass is 35.5. The first-order valence-electron chi connectivity index (χ1n) is 6.58. The van der Waals surface area contributed by atoms with E-state index >= 15 is 0 Å². The van der Waals surface area contributed by atoms with Gasteiger partial charge in [0.15, 0.2) is 0 Å². The molecule has 1 saturated carbocycles. The summed E-state index contributed by atoms with van der Waals surface area (Å²) in [5, 5.41) is 0.169. The first-order chi connectivity index (χ1) is 8.67. The van der Waals surface area contributed by atoms with E-state index in [9.17, 15) is 4.39 Å². The van der Waals surface area contributed by atoms with E-state index in [1.54, 1.807) is 6.07 Å². The van der Waals surface area contributed by atoms with Gasteiger partial charge in [-0.05, 0) is 43.5 Å². The minimum absolute atomic E-state index is 0.101. The molecule has 0 heterocycles. The lowest BCUT2D eigenvalue weighted by Crippen LogP contribution is -2.36. The number of nitrogens with two attached hydrogens (primary N) is 1. The zero-order valence-corrected chi connectivity index (χ0v) is 11.5. The molecule has 1 unspecified atom stereocenters. The SMILES string of the molecule is CCCN(C1CC1)C(CN)c1ccc(Cl)c(F)c1. The molecule has 4 heteroatoms. The van der Waals surface area contributed by atoms with Gasteiger partial charge in [-0.15, -0.1) is 0 Å². The Balaban J connectivity index is 2.22. The number of hydrogen-bond donors (Lipinski definition) is 1. The highest BCUT2D eigenvalue weighted by Gasteiger charge is 2.33. The first kappa shape index (κ1) is 13.8. The number of hydrogen-bond acceptors (Lipinski definition) is 2. The van der Waals surface area contributed by atoms with Gasteiger partial charge in [0.2, 0.25) is 0 Å². The average molecular weight is 271 g/mol. The third-order valence-corrected chi connectivity index (χ3v) is 3.76. The van der Waals surface area contributed by atoms with Crippen LogP contribution < -0.4 is 5.73 Å². The van der Waals surface area contributed by atoms with Crippen molar-refractivity contribution in [2.75, 3.05) is 13.1 Å². The van der Waals surface area contributed by atoms with Crippen molar-refractivity contribution in [2.24, 2.45) is 5.73 Å². The molecule has 2 rings (SSSR count). The van der Waals surface area contributed by atoms with Crippen molar-refractivity contribution in [2.45, 2.75) is 38.3 Å². The van der Waals surface area contributed by atoms with Crippen molar-refractivity contribution in [3.63, 3.8) is 0 Å². The van der Waals surface area contributed by atoms with E-state index in [0.29, 0.717) is 12.6 Å². The van der Waals surface area contributed by atoms with E-state index in [-0.39, 0.29) is 16.9 Å². The molecule has 1 fully saturated rings. The van der Waals surface area contributed by atoms with E-state index in [0.717, 1.165) is 18.5 Å². The number of benzene rings is 1. The molecule has 0 bridgehead atoms. The van der Waals surface area contributed by atoms with Gasteiger partial charge < -0.3 is 5.73 Å². The summed E-state index contributed by atoms with van der Waals surface area (Å²) in [6.45, 7) is 3.68. The van der Waals surface area contributed by atoms with Crippen LogP contribution >= 0.6 is 11.6 Å². The summed E-state index contributed by atoms with van der Waals surface area (Å²) in [5.41, 5.74) is 6.82. The smallest absolute Gasteiger partial charge is 0.142 e. The standard InChI is InChI=1S/C14H20ClFN2/c1-2-7-18(11-4-5-11)14(9-17)10-3-6-12(15)13(16)8-10/h3,6,8,11,14H,2,4-5,7,9,17H2,1H3. The third-order valence-electron chi connectivity index (χ3n) is 3.45. The number of rotatable bonds is 6. The summed E-state index contributed by atoms with van der Waals surface area (Å²) in [4.78, 5) is 2.41. The lowest BCUT2D eigenvalue weighted by molar-refractivity contribution is 0.191. The van der Waals surface area contributed by atoms with E-state index in [1.165, 1.54) is 18.9 Å². The monoisotopic (exact) mass is 270 g/mol. The molecular formula is C14H20ClFN2. The Morgan fingerprint density at radius 1 is 1.50 bits per heavy atom. The van der Waals surface area contributed by atoms with Crippen LogP contribution in [0.4, 0.5) is 4.39 Å². The van der Waals surface area contributed by atoms with Crippen LogP contribution in [-0.2, 0) is 0 Å². The van der Waals surface area contributed by atoms with Crippen LogP contribution in [0.25, 0.3) is 0 Å². The molecule has 0 aliphatic heterocycles. The summed E-state index contributed by atoms with van der Waals surface area (Å²) in [6.07, 6.45) is 3.54. The zero-order valence-electron chi connectivity index (χ0n) is 10.7. The summed E-state index contributed by atoms with van der Waals surface area (Å²) in [6, 6.07) is 5.74. The summed E-state index contributed by atoms with van der Waals surface area (Å²) in [7, 11) is 0. The Morgan fingerprint density at radius 2 is 2.22 bits per heavy atom. The summed E-state index contributed by atoms with van der Waals surface area (Å²) < 4.78 is 13.6. The minimum atomic E-state index is -0.361. The molecule has 100 valence electrons. The molecule has 1 atom stereocenters. The van der Waals surface area contributed by atoms with Gasteiger partial charge in [-0.25, -0.2) is 4.39 Å². The largest absolute Gasteiger partial charge is 0.329 e. The van der Waals surface area contributed by atoms with Gasteiger partial charge in [-0.3, -0.25) is 4.90 Å². The zero-order chi connectivity index (χ0) is 13.1. The van der Waals surface area contributed by atoms with Gasteiger partial charge in [0.1, 0.15) is 5.82 Å². The van der Waals surface area contributed by atoms with Crippen LogP contribution in [0, 0.1) is 5.82 Å². The van der Waals surface area contributed by atoms with E-state index < -0.39 is 0 Å².